The summed E-state index contributed by atoms with van der Waals surface area (Å²) in [4.78, 5) is 26.4. The molecule has 0 aliphatic heterocycles. The average Bonchev–Trinajstić information content (AvgIpc) is 2.81. The van der Waals surface area contributed by atoms with Gasteiger partial charge in [0.25, 0.3) is 5.91 Å². The minimum Gasteiger partial charge on any atom is -0.484 e. The molecule has 1 atom stereocenters. The third-order valence-corrected chi connectivity index (χ3v) is 5.02. The molecule has 0 fully saturated rings. The summed E-state index contributed by atoms with van der Waals surface area (Å²) in [5, 5.41) is 11.7. The second kappa shape index (κ2) is 10.8. The quantitative estimate of drug-likeness (QED) is 0.566. The number of ether oxygens (including phenoxy) is 1. The Bertz CT molecular complexity index is 1110. The van der Waals surface area contributed by atoms with Crippen LogP contribution in [0.25, 0.3) is 0 Å². The van der Waals surface area contributed by atoms with Gasteiger partial charge in [0.1, 0.15) is 5.75 Å². The Morgan fingerprint density at radius 1 is 1.03 bits per heavy atom. The molecule has 0 aliphatic carbocycles. The highest BCUT2D eigenvalue weighted by Crippen LogP contribution is 2.25. The molecule has 32 heavy (non-hydrogen) atoms. The zero-order valence-corrected chi connectivity index (χ0v) is 18.1. The Balaban J connectivity index is 1.79. The summed E-state index contributed by atoms with van der Waals surface area (Å²) in [7, 11) is 0. The molecule has 3 rings (SSSR count). The normalized spacial score (nSPS) is 11.2. The first-order valence-electron chi connectivity index (χ1n) is 10.3. The van der Waals surface area contributed by atoms with Crippen molar-refractivity contribution in [3.63, 3.8) is 0 Å². The number of amides is 2. The molecule has 6 heteroatoms. The van der Waals surface area contributed by atoms with Crippen LogP contribution in [0.4, 0.5) is 5.69 Å². The van der Waals surface area contributed by atoms with Crippen LogP contribution < -0.4 is 10.1 Å². The van der Waals surface area contributed by atoms with E-state index in [0.29, 0.717) is 23.5 Å². The number of hydrogen-bond acceptors (Lipinski definition) is 4. The maximum Gasteiger partial charge on any atom is 0.261 e. The lowest BCUT2D eigenvalue weighted by molar-refractivity contribution is -0.136. The summed E-state index contributed by atoms with van der Waals surface area (Å²) < 4.78 is 5.69. The summed E-state index contributed by atoms with van der Waals surface area (Å²) in [6, 6.07) is 25.7. The molecule has 0 spiro atoms. The lowest BCUT2D eigenvalue weighted by atomic mass is 10.0. The Hall–Kier alpha value is -4.11. The van der Waals surface area contributed by atoms with Crippen molar-refractivity contribution in [2.24, 2.45) is 0 Å². The number of hydrogen-bond donors (Lipinski definition) is 1. The number of anilines is 1. The van der Waals surface area contributed by atoms with Crippen molar-refractivity contribution >= 4 is 17.5 Å². The van der Waals surface area contributed by atoms with Crippen molar-refractivity contribution in [3.8, 4) is 11.8 Å². The van der Waals surface area contributed by atoms with Gasteiger partial charge in [0.2, 0.25) is 5.91 Å². The molecule has 0 radical (unpaired) electrons. The number of nitrogens with zero attached hydrogens (tertiary/aromatic N) is 2. The Morgan fingerprint density at radius 2 is 1.75 bits per heavy atom. The molecule has 162 valence electrons. The topological polar surface area (TPSA) is 82.4 Å². The third kappa shape index (κ3) is 6.19. The van der Waals surface area contributed by atoms with Crippen LogP contribution in [0.2, 0.25) is 0 Å². The summed E-state index contributed by atoms with van der Waals surface area (Å²) >= 11 is 0. The standard InChI is InChI=1S/C26H25N3O3/c1-19(23-9-6-10-24(15-23)28-20(2)30)29(17-22-7-4-3-5-8-22)26(31)18-32-25-13-11-21(16-27)12-14-25/h3-15,19H,17-18H2,1-2H3,(H,28,30). The highest BCUT2D eigenvalue weighted by molar-refractivity contribution is 5.88. The Morgan fingerprint density at radius 3 is 2.41 bits per heavy atom. The maximum atomic E-state index is 13.2. The fourth-order valence-electron chi connectivity index (χ4n) is 3.33. The molecule has 0 saturated heterocycles. The number of carbonyl (C=O) groups excluding carboxylic acids is 2. The van der Waals surface area contributed by atoms with Crippen LogP contribution in [0.15, 0.2) is 78.9 Å². The van der Waals surface area contributed by atoms with Crippen LogP contribution in [0.5, 0.6) is 5.75 Å². The molecule has 2 amide bonds. The van der Waals surface area contributed by atoms with Gasteiger partial charge in [-0.1, -0.05) is 42.5 Å². The second-order valence-corrected chi connectivity index (χ2v) is 7.41. The Labute approximate surface area is 188 Å². The zero-order valence-electron chi connectivity index (χ0n) is 18.1. The van der Waals surface area contributed by atoms with E-state index in [9.17, 15) is 9.59 Å². The van der Waals surface area contributed by atoms with Gasteiger partial charge >= 0.3 is 0 Å². The molecule has 0 saturated carbocycles. The molecular formula is C26H25N3O3. The molecule has 1 N–H and O–H groups in total. The van der Waals surface area contributed by atoms with E-state index in [1.165, 1.54) is 6.92 Å². The van der Waals surface area contributed by atoms with E-state index in [0.717, 1.165) is 11.1 Å². The predicted octanol–water partition coefficient (Wildman–Crippen LogP) is 4.69. The summed E-state index contributed by atoms with van der Waals surface area (Å²) in [5.74, 6) is 0.204. The van der Waals surface area contributed by atoms with Gasteiger partial charge in [-0.3, -0.25) is 9.59 Å². The van der Waals surface area contributed by atoms with Gasteiger partial charge in [-0.05, 0) is 54.4 Å². The zero-order chi connectivity index (χ0) is 22.9. The van der Waals surface area contributed by atoms with Crippen molar-refractivity contribution < 1.29 is 14.3 Å². The van der Waals surface area contributed by atoms with Crippen molar-refractivity contribution in [2.45, 2.75) is 26.4 Å². The van der Waals surface area contributed by atoms with Gasteiger partial charge in [0, 0.05) is 19.2 Å². The van der Waals surface area contributed by atoms with Crippen molar-refractivity contribution in [2.75, 3.05) is 11.9 Å². The van der Waals surface area contributed by atoms with Crippen LogP contribution in [0.1, 0.15) is 36.6 Å². The van der Waals surface area contributed by atoms with Gasteiger partial charge in [-0.2, -0.15) is 5.26 Å². The number of rotatable bonds is 8. The van der Waals surface area contributed by atoms with Gasteiger partial charge in [-0.25, -0.2) is 0 Å². The van der Waals surface area contributed by atoms with Crippen molar-refractivity contribution in [3.05, 3.63) is 95.6 Å². The third-order valence-electron chi connectivity index (χ3n) is 5.02. The number of nitriles is 1. The van der Waals surface area contributed by atoms with Crippen LogP contribution in [-0.2, 0) is 16.1 Å². The molecular weight excluding hydrogens is 402 g/mol. The number of nitrogens with one attached hydrogen (secondary N) is 1. The van der Waals surface area contributed by atoms with Crippen molar-refractivity contribution in [1.82, 2.24) is 4.90 Å². The fraction of sp³-hybridized carbons (Fsp3) is 0.192. The lowest BCUT2D eigenvalue weighted by Crippen LogP contribution is -2.36. The van der Waals surface area contributed by atoms with E-state index in [1.54, 1.807) is 29.2 Å². The largest absolute Gasteiger partial charge is 0.484 e. The number of benzene rings is 3. The highest BCUT2D eigenvalue weighted by Gasteiger charge is 2.23. The highest BCUT2D eigenvalue weighted by atomic mass is 16.5. The van der Waals surface area contributed by atoms with Gasteiger partial charge in [0.15, 0.2) is 6.61 Å². The first-order valence-corrected chi connectivity index (χ1v) is 10.3. The van der Waals surface area contributed by atoms with Crippen LogP contribution in [0, 0.1) is 11.3 Å². The minimum absolute atomic E-state index is 0.130. The van der Waals surface area contributed by atoms with E-state index in [-0.39, 0.29) is 24.5 Å². The smallest absolute Gasteiger partial charge is 0.261 e. The van der Waals surface area contributed by atoms with E-state index in [1.807, 2.05) is 61.5 Å². The van der Waals surface area contributed by atoms with Gasteiger partial charge in [0.05, 0.1) is 17.7 Å². The van der Waals surface area contributed by atoms with Gasteiger partial charge < -0.3 is 15.0 Å². The van der Waals surface area contributed by atoms with E-state index >= 15 is 0 Å². The van der Waals surface area contributed by atoms with Crippen molar-refractivity contribution in [1.29, 1.82) is 5.26 Å². The van der Waals surface area contributed by atoms with Gasteiger partial charge in [-0.15, -0.1) is 0 Å². The SMILES string of the molecule is CC(=O)Nc1cccc(C(C)N(Cc2ccccc2)C(=O)COc2ccc(C#N)cc2)c1. The van der Waals surface area contributed by atoms with Crippen LogP contribution >= 0.6 is 0 Å². The molecule has 6 nitrogen and oxygen atoms in total. The van der Waals surface area contributed by atoms with E-state index in [4.69, 9.17) is 10.00 Å². The van der Waals surface area contributed by atoms with E-state index < -0.39 is 0 Å². The lowest BCUT2D eigenvalue weighted by Gasteiger charge is -2.30. The molecule has 0 bridgehead atoms. The molecule has 0 aromatic heterocycles. The predicted molar refractivity (Wildman–Crippen MR) is 123 cm³/mol. The molecule has 3 aromatic rings. The maximum absolute atomic E-state index is 13.2. The van der Waals surface area contributed by atoms with Crippen LogP contribution in [0.3, 0.4) is 0 Å². The summed E-state index contributed by atoms with van der Waals surface area (Å²) in [5.41, 5.74) is 3.12. The summed E-state index contributed by atoms with van der Waals surface area (Å²) in [6.45, 7) is 3.70. The second-order valence-electron chi connectivity index (χ2n) is 7.41. The number of carbonyl (C=O) groups is 2. The summed E-state index contributed by atoms with van der Waals surface area (Å²) in [6.07, 6.45) is 0. The van der Waals surface area contributed by atoms with E-state index in [2.05, 4.69) is 11.4 Å². The average molecular weight is 428 g/mol. The monoisotopic (exact) mass is 427 g/mol. The minimum atomic E-state index is -0.249. The molecule has 3 aromatic carbocycles. The fourth-order valence-corrected chi connectivity index (χ4v) is 3.33. The van der Waals surface area contributed by atoms with Crippen LogP contribution in [-0.4, -0.2) is 23.3 Å². The Kier molecular flexibility index (Phi) is 7.60. The molecule has 0 heterocycles. The first kappa shape index (κ1) is 22.6. The first-order chi connectivity index (χ1) is 15.5. The molecule has 0 aliphatic rings. The molecule has 1 unspecified atom stereocenters.